The molecule has 3 nitrogen and oxygen atoms in total. The van der Waals surface area contributed by atoms with Crippen molar-refractivity contribution in [3.8, 4) is 0 Å². The molecule has 0 aromatic carbocycles. The van der Waals surface area contributed by atoms with Crippen molar-refractivity contribution in [2.24, 2.45) is 28.6 Å². The van der Waals surface area contributed by atoms with Gasteiger partial charge >= 0.3 is 5.97 Å². The molecule has 0 amide bonds. The van der Waals surface area contributed by atoms with E-state index in [-0.39, 0.29) is 29.0 Å². The van der Waals surface area contributed by atoms with Gasteiger partial charge in [0.05, 0.1) is 6.10 Å². The minimum atomic E-state index is -0.196. The average molecular weight is 359 g/mol. The fourth-order valence-corrected chi connectivity index (χ4v) is 7.11. The topological polar surface area (TPSA) is 46.5 Å². The molecule has 0 radical (unpaired) electrons. The molecule has 0 heterocycles. The number of hydrogen-bond donors (Lipinski definition) is 1. The summed E-state index contributed by atoms with van der Waals surface area (Å²) in [5.41, 5.74) is 3.52. The quantitative estimate of drug-likeness (QED) is 0.541. The summed E-state index contributed by atoms with van der Waals surface area (Å²) in [6.07, 6.45) is 11.8. The van der Waals surface area contributed by atoms with Crippen LogP contribution in [-0.4, -0.2) is 23.3 Å². The SMILES string of the molecule is C/C=C1/CCC2C3C(=CC[C@]12C)[C@@]1(C)CC[C@@H](O)C[C@H]1C[C@H]3OC(C)=O. The van der Waals surface area contributed by atoms with Crippen molar-refractivity contribution in [3.63, 3.8) is 0 Å². The molecular weight excluding hydrogens is 324 g/mol. The molecule has 144 valence electrons. The molecule has 3 fully saturated rings. The van der Waals surface area contributed by atoms with E-state index in [4.69, 9.17) is 4.74 Å². The Hall–Kier alpha value is -1.09. The molecular formula is C23H34O3. The number of esters is 1. The summed E-state index contributed by atoms with van der Waals surface area (Å²) in [6, 6.07) is 0. The van der Waals surface area contributed by atoms with Gasteiger partial charge in [-0.15, -0.1) is 0 Å². The highest BCUT2D eigenvalue weighted by atomic mass is 16.5. The summed E-state index contributed by atoms with van der Waals surface area (Å²) in [6.45, 7) is 8.56. The Morgan fingerprint density at radius 3 is 2.73 bits per heavy atom. The number of allylic oxidation sites excluding steroid dienone is 3. The number of fused-ring (bicyclic) bond motifs is 5. The van der Waals surface area contributed by atoms with E-state index >= 15 is 0 Å². The second-order valence-electron chi connectivity index (χ2n) is 9.69. The Morgan fingerprint density at radius 1 is 1.27 bits per heavy atom. The monoisotopic (exact) mass is 358 g/mol. The van der Waals surface area contributed by atoms with Crippen LogP contribution < -0.4 is 0 Å². The zero-order valence-electron chi connectivity index (χ0n) is 16.8. The number of carbonyl (C=O) groups excluding carboxylic acids is 1. The number of hydrogen-bond acceptors (Lipinski definition) is 3. The van der Waals surface area contributed by atoms with Crippen molar-refractivity contribution in [1.29, 1.82) is 0 Å². The summed E-state index contributed by atoms with van der Waals surface area (Å²) >= 11 is 0. The van der Waals surface area contributed by atoms with Gasteiger partial charge in [0.2, 0.25) is 0 Å². The number of carbonyl (C=O) groups is 1. The summed E-state index contributed by atoms with van der Waals surface area (Å²) < 4.78 is 5.93. The molecule has 1 N–H and O–H groups in total. The molecule has 0 spiro atoms. The highest BCUT2D eigenvalue weighted by Crippen LogP contribution is 2.65. The largest absolute Gasteiger partial charge is 0.462 e. The maximum absolute atomic E-state index is 11.9. The third kappa shape index (κ3) is 2.53. The fourth-order valence-electron chi connectivity index (χ4n) is 7.11. The van der Waals surface area contributed by atoms with E-state index in [1.807, 2.05) is 0 Å². The lowest BCUT2D eigenvalue weighted by molar-refractivity contribution is -0.157. The van der Waals surface area contributed by atoms with Crippen molar-refractivity contribution >= 4 is 5.97 Å². The molecule has 0 aromatic rings. The Balaban J connectivity index is 1.77. The fraction of sp³-hybridized carbons (Fsp3) is 0.783. The van der Waals surface area contributed by atoms with Crippen molar-refractivity contribution < 1.29 is 14.6 Å². The number of aliphatic hydroxyl groups is 1. The Labute approximate surface area is 157 Å². The normalized spacial score (nSPS) is 49.0. The molecule has 7 atom stereocenters. The first-order chi connectivity index (χ1) is 12.3. The van der Waals surface area contributed by atoms with Crippen LogP contribution in [0, 0.1) is 28.6 Å². The molecule has 4 aliphatic carbocycles. The molecule has 0 saturated heterocycles. The van der Waals surface area contributed by atoms with Crippen molar-refractivity contribution in [3.05, 3.63) is 23.3 Å². The van der Waals surface area contributed by atoms with Crippen LogP contribution in [0.2, 0.25) is 0 Å². The molecule has 3 heteroatoms. The molecule has 3 saturated carbocycles. The van der Waals surface area contributed by atoms with Gasteiger partial charge in [0.25, 0.3) is 0 Å². The molecule has 2 unspecified atom stereocenters. The van der Waals surface area contributed by atoms with Crippen molar-refractivity contribution in [2.75, 3.05) is 0 Å². The Morgan fingerprint density at radius 2 is 2.04 bits per heavy atom. The summed E-state index contributed by atoms with van der Waals surface area (Å²) in [7, 11) is 0. The van der Waals surface area contributed by atoms with Gasteiger partial charge in [-0.05, 0) is 74.5 Å². The Bertz CT molecular complexity index is 662. The predicted molar refractivity (Wildman–Crippen MR) is 102 cm³/mol. The highest BCUT2D eigenvalue weighted by molar-refractivity contribution is 5.66. The van der Waals surface area contributed by atoms with Gasteiger partial charge in [-0.25, -0.2) is 0 Å². The van der Waals surface area contributed by atoms with Gasteiger partial charge in [0.15, 0.2) is 0 Å². The van der Waals surface area contributed by atoms with Gasteiger partial charge < -0.3 is 9.84 Å². The van der Waals surface area contributed by atoms with Gasteiger partial charge in [0.1, 0.15) is 6.10 Å². The second kappa shape index (κ2) is 6.22. The van der Waals surface area contributed by atoms with Crippen LogP contribution in [0.4, 0.5) is 0 Å². The summed E-state index contributed by atoms with van der Waals surface area (Å²) in [5.74, 6) is 1.19. The standard InChI is InChI=1S/C23H34O3/c1-5-15-6-7-18-21-19(9-11-22(15,18)3)23(4)10-8-17(25)12-16(23)13-20(21)26-14(2)24/h5,9,16-18,20-21,25H,6-8,10-13H2,1-4H3/b15-5-/t16-,17+,18?,20+,21?,22+,23-/m0/s1. The van der Waals surface area contributed by atoms with Gasteiger partial charge in [0, 0.05) is 12.8 Å². The molecule has 0 aromatic heterocycles. The molecule has 0 aliphatic heterocycles. The molecule has 4 rings (SSSR count). The maximum Gasteiger partial charge on any atom is 0.302 e. The minimum Gasteiger partial charge on any atom is -0.462 e. The van der Waals surface area contributed by atoms with E-state index in [0.717, 1.165) is 32.1 Å². The smallest absolute Gasteiger partial charge is 0.302 e. The van der Waals surface area contributed by atoms with Crippen LogP contribution in [0.3, 0.4) is 0 Å². The number of aliphatic hydroxyl groups excluding tert-OH is 1. The minimum absolute atomic E-state index is 0.0250. The van der Waals surface area contributed by atoms with Crippen LogP contribution >= 0.6 is 0 Å². The van der Waals surface area contributed by atoms with Gasteiger partial charge in [-0.3, -0.25) is 4.79 Å². The van der Waals surface area contributed by atoms with E-state index in [1.54, 1.807) is 18.1 Å². The predicted octanol–water partition coefficient (Wildman–Crippen LogP) is 4.80. The Kier molecular flexibility index (Phi) is 4.38. The van der Waals surface area contributed by atoms with Crippen LogP contribution in [0.5, 0.6) is 0 Å². The van der Waals surface area contributed by atoms with E-state index in [9.17, 15) is 9.90 Å². The zero-order chi connectivity index (χ0) is 18.7. The lowest BCUT2D eigenvalue weighted by atomic mass is 9.48. The third-order valence-corrected chi connectivity index (χ3v) is 8.51. The van der Waals surface area contributed by atoms with Crippen molar-refractivity contribution in [1.82, 2.24) is 0 Å². The van der Waals surface area contributed by atoms with Crippen LogP contribution in [0.15, 0.2) is 23.3 Å². The second-order valence-corrected chi connectivity index (χ2v) is 9.69. The average Bonchev–Trinajstić information content (AvgIpc) is 2.92. The first kappa shape index (κ1) is 18.3. The van der Waals surface area contributed by atoms with Gasteiger partial charge in [-0.1, -0.05) is 37.1 Å². The zero-order valence-corrected chi connectivity index (χ0v) is 16.8. The van der Waals surface area contributed by atoms with Crippen LogP contribution in [0.25, 0.3) is 0 Å². The first-order valence-electron chi connectivity index (χ1n) is 10.5. The maximum atomic E-state index is 11.9. The first-order valence-corrected chi connectivity index (χ1v) is 10.5. The van der Waals surface area contributed by atoms with Gasteiger partial charge in [-0.2, -0.15) is 0 Å². The van der Waals surface area contributed by atoms with E-state index in [2.05, 4.69) is 32.9 Å². The highest BCUT2D eigenvalue weighted by Gasteiger charge is 2.59. The molecule has 4 aliphatic rings. The van der Waals surface area contributed by atoms with Crippen molar-refractivity contribution in [2.45, 2.75) is 84.8 Å². The summed E-state index contributed by atoms with van der Waals surface area (Å²) in [4.78, 5) is 11.9. The lowest BCUT2D eigenvalue weighted by Gasteiger charge is -2.58. The molecule has 0 bridgehead atoms. The number of ether oxygens (including phenoxy) is 1. The van der Waals surface area contributed by atoms with Crippen LogP contribution in [-0.2, 0) is 9.53 Å². The molecule has 26 heavy (non-hydrogen) atoms. The van der Waals surface area contributed by atoms with E-state index < -0.39 is 0 Å². The number of rotatable bonds is 1. The third-order valence-electron chi connectivity index (χ3n) is 8.51. The van der Waals surface area contributed by atoms with E-state index in [0.29, 0.717) is 17.8 Å². The van der Waals surface area contributed by atoms with Crippen LogP contribution in [0.1, 0.15) is 72.6 Å². The summed E-state index contributed by atoms with van der Waals surface area (Å²) in [5, 5.41) is 10.2. The lowest BCUT2D eigenvalue weighted by Crippen LogP contribution is -2.54. The van der Waals surface area contributed by atoms with E-state index in [1.165, 1.54) is 12.8 Å².